The molecule has 5 nitrogen and oxygen atoms in total. The Labute approximate surface area is 121 Å². The van der Waals surface area contributed by atoms with E-state index in [0.29, 0.717) is 18.0 Å². The van der Waals surface area contributed by atoms with E-state index >= 15 is 0 Å². The van der Waals surface area contributed by atoms with Crippen LogP contribution in [-0.2, 0) is 0 Å². The van der Waals surface area contributed by atoms with Gasteiger partial charge in [0.25, 0.3) is 0 Å². The van der Waals surface area contributed by atoms with Gasteiger partial charge >= 0.3 is 0 Å². The molecule has 6 heteroatoms. The van der Waals surface area contributed by atoms with Crippen LogP contribution in [0.2, 0.25) is 0 Å². The van der Waals surface area contributed by atoms with Crippen LogP contribution in [0.1, 0.15) is 51.4 Å². The van der Waals surface area contributed by atoms with Crippen molar-refractivity contribution in [3.63, 3.8) is 0 Å². The lowest BCUT2D eigenvalue weighted by atomic mass is 10.1. The van der Waals surface area contributed by atoms with Crippen molar-refractivity contribution in [3.8, 4) is 0 Å². The highest BCUT2D eigenvalue weighted by molar-refractivity contribution is 5.93. The van der Waals surface area contributed by atoms with Gasteiger partial charge in [-0.3, -0.25) is 0 Å². The number of nitrogens with two attached hydrogens (primary N) is 2. The second-order valence-electron chi connectivity index (χ2n) is 5.30. The molecule has 0 bridgehead atoms. The number of hydrogen-bond donors (Lipinski definition) is 2. The van der Waals surface area contributed by atoms with Gasteiger partial charge in [-0.25, -0.2) is 4.99 Å². The molecule has 0 aromatic heterocycles. The maximum Gasteiger partial charge on any atom is 0.218 e. The summed E-state index contributed by atoms with van der Waals surface area (Å²) in [5, 5.41) is 0. The minimum atomic E-state index is 0. The molecule has 19 heavy (non-hydrogen) atoms. The fraction of sp³-hybridized carbons (Fsp3) is 0.846. The second-order valence-corrected chi connectivity index (χ2v) is 5.30. The van der Waals surface area contributed by atoms with Crippen LogP contribution in [0.5, 0.6) is 0 Å². The number of rotatable bonds is 1. The quantitative estimate of drug-likeness (QED) is 0.439. The predicted molar refractivity (Wildman–Crippen MR) is 82.8 cm³/mol. The highest BCUT2D eigenvalue weighted by atomic mass is 35.5. The van der Waals surface area contributed by atoms with E-state index in [2.05, 4.69) is 14.9 Å². The molecule has 2 rings (SSSR count). The van der Waals surface area contributed by atoms with E-state index in [4.69, 9.17) is 11.5 Å². The van der Waals surface area contributed by atoms with E-state index in [0.717, 1.165) is 25.9 Å². The van der Waals surface area contributed by atoms with Crippen molar-refractivity contribution in [2.45, 2.75) is 57.4 Å². The van der Waals surface area contributed by atoms with Crippen LogP contribution in [0, 0.1) is 0 Å². The Hall–Kier alpha value is -0.970. The average Bonchev–Trinajstić information content (AvgIpc) is 2.76. The molecule has 1 aliphatic heterocycles. The average molecular weight is 288 g/mol. The van der Waals surface area contributed by atoms with Crippen molar-refractivity contribution in [3.05, 3.63) is 0 Å². The van der Waals surface area contributed by atoms with Gasteiger partial charge in [0.1, 0.15) is 0 Å². The van der Waals surface area contributed by atoms with E-state index in [1.165, 1.54) is 38.5 Å². The highest BCUT2D eigenvalue weighted by Gasteiger charge is 2.14. The van der Waals surface area contributed by atoms with E-state index < -0.39 is 0 Å². The SMILES string of the molecule is Cl.NC(=NC1CCCCCC1)N=C(N)N1CCCC1. The van der Waals surface area contributed by atoms with Gasteiger partial charge in [-0.1, -0.05) is 25.7 Å². The molecule has 0 amide bonds. The first-order valence-electron chi connectivity index (χ1n) is 7.18. The fourth-order valence-corrected chi connectivity index (χ4v) is 2.74. The number of halogens is 1. The maximum absolute atomic E-state index is 5.93. The smallest absolute Gasteiger partial charge is 0.218 e. The van der Waals surface area contributed by atoms with E-state index in [1.54, 1.807) is 0 Å². The van der Waals surface area contributed by atoms with E-state index in [1.807, 2.05) is 0 Å². The summed E-state index contributed by atoms with van der Waals surface area (Å²) in [5.74, 6) is 0.883. The van der Waals surface area contributed by atoms with Gasteiger partial charge < -0.3 is 16.4 Å². The Morgan fingerprint density at radius 1 is 0.895 bits per heavy atom. The number of likely N-dealkylation sites (tertiary alicyclic amines) is 1. The minimum absolute atomic E-state index is 0. The van der Waals surface area contributed by atoms with Gasteiger partial charge in [0.2, 0.25) is 5.96 Å². The molecule has 2 aliphatic rings. The van der Waals surface area contributed by atoms with Crippen LogP contribution in [0.3, 0.4) is 0 Å². The first-order chi connectivity index (χ1) is 8.75. The molecule has 1 aliphatic carbocycles. The van der Waals surface area contributed by atoms with Crippen molar-refractivity contribution < 1.29 is 0 Å². The fourth-order valence-electron chi connectivity index (χ4n) is 2.74. The van der Waals surface area contributed by atoms with Crippen LogP contribution in [-0.4, -0.2) is 36.0 Å². The Morgan fingerprint density at radius 3 is 2.05 bits per heavy atom. The Kier molecular flexibility index (Phi) is 6.99. The Balaban J connectivity index is 0.00000180. The molecule has 0 aromatic carbocycles. The van der Waals surface area contributed by atoms with Gasteiger partial charge in [0.05, 0.1) is 6.04 Å². The molecular formula is C13H26ClN5. The van der Waals surface area contributed by atoms with Gasteiger partial charge in [-0.05, 0) is 25.7 Å². The van der Waals surface area contributed by atoms with Crippen molar-refractivity contribution in [1.82, 2.24) is 4.90 Å². The zero-order chi connectivity index (χ0) is 12.8. The summed E-state index contributed by atoms with van der Waals surface area (Å²) in [6, 6.07) is 0.350. The molecular weight excluding hydrogens is 262 g/mol. The summed E-state index contributed by atoms with van der Waals surface area (Å²) in [6.45, 7) is 1.98. The lowest BCUT2D eigenvalue weighted by Gasteiger charge is -2.15. The van der Waals surface area contributed by atoms with Crippen molar-refractivity contribution in [2.75, 3.05) is 13.1 Å². The van der Waals surface area contributed by atoms with Crippen LogP contribution in [0.25, 0.3) is 0 Å². The van der Waals surface area contributed by atoms with Crippen molar-refractivity contribution >= 4 is 24.3 Å². The van der Waals surface area contributed by atoms with Gasteiger partial charge in [0.15, 0.2) is 5.96 Å². The summed E-state index contributed by atoms with van der Waals surface area (Å²) < 4.78 is 0. The van der Waals surface area contributed by atoms with E-state index in [-0.39, 0.29) is 12.4 Å². The zero-order valence-corrected chi connectivity index (χ0v) is 12.4. The molecule has 0 atom stereocenters. The minimum Gasteiger partial charge on any atom is -0.369 e. The number of guanidine groups is 2. The van der Waals surface area contributed by atoms with Gasteiger partial charge in [0, 0.05) is 13.1 Å². The summed E-state index contributed by atoms with van der Waals surface area (Å²) >= 11 is 0. The Morgan fingerprint density at radius 2 is 1.47 bits per heavy atom. The molecule has 2 fully saturated rings. The lowest BCUT2D eigenvalue weighted by Crippen LogP contribution is -2.36. The molecule has 4 N–H and O–H groups in total. The van der Waals surface area contributed by atoms with Crippen LogP contribution >= 0.6 is 12.4 Å². The normalized spacial score (nSPS) is 23.1. The first kappa shape index (κ1) is 16.1. The van der Waals surface area contributed by atoms with Crippen LogP contribution in [0.4, 0.5) is 0 Å². The second kappa shape index (κ2) is 8.25. The molecule has 1 saturated heterocycles. The molecule has 1 heterocycles. The molecule has 110 valence electrons. The molecule has 0 unspecified atom stereocenters. The Bertz CT molecular complexity index is 315. The number of hydrogen-bond acceptors (Lipinski definition) is 1. The third-order valence-corrected chi connectivity index (χ3v) is 3.80. The largest absolute Gasteiger partial charge is 0.369 e. The zero-order valence-electron chi connectivity index (χ0n) is 11.6. The monoisotopic (exact) mass is 287 g/mol. The van der Waals surface area contributed by atoms with Gasteiger partial charge in [-0.15, -0.1) is 12.4 Å². The van der Waals surface area contributed by atoms with Crippen LogP contribution < -0.4 is 11.5 Å². The summed E-state index contributed by atoms with van der Waals surface area (Å²) in [5.41, 5.74) is 11.8. The lowest BCUT2D eigenvalue weighted by molar-refractivity contribution is 0.513. The molecule has 0 radical (unpaired) electrons. The standard InChI is InChI=1S/C13H25N5.ClH/c14-12(16-11-7-3-1-2-4-8-11)17-13(15)18-9-5-6-10-18;/h11H,1-10H2,(H4,14,15,16,17);1H. The first-order valence-corrected chi connectivity index (χ1v) is 7.18. The van der Waals surface area contributed by atoms with Crippen molar-refractivity contribution in [1.29, 1.82) is 0 Å². The van der Waals surface area contributed by atoms with Crippen molar-refractivity contribution in [2.24, 2.45) is 21.5 Å². The predicted octanol–water partition coefficient (Wildman–Crippen LogP) is 1.86. The van der Waals surface area contributed by atoms with Gasteiger partial charge in [-0.2, -0.15) is 4.99 Å². The third kappa shape index (κ3) is 5.27. The van der Waals surface area contributed by atoms with Crippen LogP contribution in [0.15, 0.2) is 9.98 Å². The molecule has 1 saturated carbocycles. The summed E-state index contributed by atoms with van der Waals surface area (Å²) in [6.07, 6.45) is 9.82. The molecule has 0 aromatic rings. The number of aliphatic imine (C=N–C) groups is 2. The topological polar surface area (TPSA) is 80.0 Å². The molecule has 0 spiro atoms. The summed E-state index contributed by atoms with van der Waals surface area (Å²) in [7, 11) is 0. The highest BCUT2D eigenvalue weighted by Crippen LogP contribution is 2.19. The van der Waals surface area contributed by atoms with E-state index in [9.17, 15) is 0 Å². The third-order valence-electron chi connectivity index (χ3n) is 3.80. The summed E-state index contributed by atoms with van der Waals surface area (Å²) in [4.78, 5) is 10.8. The maximum atomic E-state index is 5.93. The number of nitrogens with zero attached hydrogens (tertiary/aromatic N) is 3.